The van der Waals surface area contributed by atoms with E-state index in [2.05, 4.69) is 51.3 Å². The van der Waals surface area contributed by atoms with Crippen molar-refractivity contribution >= 4 is 17.5 Å². The number of fused-ring (bicyclic) bond motifs is 1. The summed E-state index contributed by atoms with van der Waals surface area (Å²) in [4.78, 5) is 35.3. The van der Waals surface area contributed by atoms with Crippen molar-refractivity contribution in [3.05, 3.63) is 30.3 Å². The maximum absolute atomic E-state index is 13.1. The van der Waals surface area contributed by atoms with E-state index in [1.54, 1.807) is 0 Å². The number of likely N-dealkylation sites (N-methyl/N-ethyl adjacent to an activating group) is 1. The summed E-state index contributed by atoms with van der Waals surface area (Å²) in [6, 6.07) is 11.2. The summed E-state index contributed by atoms with van der Waals surface area (Å²) in [7, 11) is 2.15. The highest BCUT2D eigenvalue weighted by Gasteiger charge is 2.47. The molecule has 4 fully saturated rings. The van der Waals surface area contributed by atoms with Crippen LogP contribution in [0.2, 0.25) is 0 Å². The van der Waals surface area contributed by atoms with Crippen LogP contribution in [0, 0.1) is 0 Å². The maximum Gasteiger partial charge on any atom is 0.239 e. The minimum atomic E-state index is -0.0835. The molecule has 5 rings (SSSR count). The van der Waals surface area contributed by atoms with E-state index < -0.39 is 0 Å². The van der Waals surface area contributed by atoms with Gasteiger partial charge in [0.2, 0.25) is 11.8 Å². The van der Waals surface area contributed by atoms with Gasteiger partial charge in [0, 0.05) is 82.7 Å². The fourth-order valence-corrected chi connectivity index (χ4v) is 6.32. The summed E-state index contributed by atoms with van der Waals surface area (Å²) >= 11 is 0. The van der Waals surface area contributed by atoms with Gasteiger partial charge in [0.15, 0.2) is 0 Å². The Morgan fingerprint density at radius 3 is 2.50 bits per heavy atom. The van der Waals surface area contributed by atoms with Gasteiger partial charge in [-0.15, -0.1) is 0 Å². The predicted molar refractivity (Wildman–Crippen MR) is 132 cm³/mol. The maximum atomic E-state index is 13.1. The molecule has 0 aromatic heterocycles. The molecule has 186 valence electrons. The monoisotopic (exact) mass is 469 g/mol. The first-order valence-electron chi connectivity index (χ1n) is 13.0. The van der Waals surface area contributed by atoms with E-state index in [4.69, 9.17) is 4.74 Å². The molecule has 4 aliphatic rings. The number of rotatable bonds is 5. The molecule has 4 saturated heterocycles. The van der Waals surface area contributed by atoms with Gasteiger partial charge >= 0.3 is 0 Å². The Morgan fingerprint density at radius 1 is 1.03 bits per heavy atom. The average Bonchev–Trinajstić information content (AvgIpc) is 3.30. The number of anilines is 1. The number of likely N-dealkylation sites (tertiary alicyclic amines) is 1. The van der Waals surface area contributed by atoms with Crippen LogP contribution in [0.3, 0.4) is 0 Å². The lowest BCUT2D eigenvalue weighted by Gasteiger charge is -2.38. The topological polar surface area (TPSA) is 68.4 Å². The number of nitrogens with one attached hydrogen (secondary N) is 1. The molecule has 0 saturated carbocycles. The molecular weight excluding hydrogens is 430 g/mol. The van der Waals surface area contributed by atoms with Crippen molar-refractivity contribution in [2.24, 2.45) is 0 Å². The van der Waals surface area contributed by atoms with Crippen LogP contribution in [0.15, 0.2) is 30.3 Å². The van der Waals surface area contributed by atoms with Gasteiger partial charge in [-0.2, -0.15) is 0 Å². The number of para-hydroxylation sites is 1. The van der Waals surface area contributed by atoms with Crippen LogP contribution in [0.1, 0.15) is 32.1 Å². The van der Waals surface area contributed by atoms with Crippen molar-refractivity contribution in [1.82, 2.24) is 20.0 Å². The van der Waals surface area contributed by atoms with Crippen LogP contribution >= 0.6 is 0 Å². The lowest BCUT2D eigenvalue weighted by atomic mass is 10.0. The van der Waals surface area contributed by atoms with E-state index >= 15 is 0 Å². The van der Waals surface area contributed by atoms with Gasteiger partial charge in [0.05, 0.1) is 0 Å². The molecule has 3 unspecified atom stereocenters. The summed E-state index contributed by atoms with van der Waals surface area (Å²) < 4.78 is 5.54. The number of hydrogen-bond acceptors (Lipinski definition) is 6. The first kappa shape index (κ1) is 23.6. The summed E-state index contributed by atoms with van der Waals surface area (Å²) in [6.07, 6.45) is 4.36. The summed E-state index contributed by atoms with van der Waals surface area (Å²) in [5.74, 6) is 0.398. The first-order chi connectivity index (χ1) is 16.6. The summed E-state index contributed by atoms with van der Waals surface area (Å²) in [5, 5.41) is 3.21. The number of carbonyl (C=O) groups excluding carboxylic acids is 2. The minimum absolute atomic E-state index is 0.0835. The minimum Gasteiger partial charge on any atom is -0.381 e. The second-order valence-corrected chi connectivity index (χ2v) is 10.2. The fraction of sp³-hybridized carbons (Fsp3) is 0.692. The standard InChI is InChI=1S/C26H39N5O3/c1-28-22(7-8-24(32)30-15-13-29(14-16-30)20-5-3-2-4-6-20)19-27-26(33)25-23(28)9-12-31(25)21-10-17-34-18-11-21/h2-6,21-23,25H,7-19H2,1H3,(H,27,33). The number of benzene rings is 1. The van der Waals surface area contributed by atoms with Crippen molar-refractivity contribution in [2.45, 2.75) is 56.3 Å². The Kier molecular flexibility index (Phi) is 7.37. The molecule has 1 N–H and O–H groups in total. The highest BCUT2D eigenvalue weighted by atomic mass is 16.5. The molecule has 3 atom stereocenters. The van der Waals surface area contributed by atoms with E-state index in [0.717, 1.165) is 71.6 Å². The molecule has 2 amide bonds. The van der Waals surface area contributed by atoms with E-state index in [-0.39, 0.29) is 29.9 Å². The third-order valence-electron chi connectivity index (χ3n) is 8.39. The molecule has 34 heavy (non-hydrogen) atoms. The normalized spacial score (nSPS) is 29.6. The second-order valence-electron chi connectivity index (χ2n) is 10.2. The Morgan fingerprint density at radius 2 is 1.76 bits per heavy atom. The van der Waals surface area contributed by atoms with Crippen molar-refractivity contribution in [2.75, 3.05) is 64.4 Å². The van der Waals surface area contributed by atoms with Crippen LogP contribution in [0.5, 0.6) is 0 Å². The van der Waals surface area contributed by atoms with E-state index in [1.165, 1.54) is 5.69 Å². The van der Waals surface area contributed by atoms with Gasteiger partial charge in [-0.05, 0) is 44.9 Å². The number of piperazine rings is 1. The predicted octanol–water partition coefficient (Wildman–Crippen LogP) is 1.17. The Hall–Kier alpha value is -2.16. The number of carbonyl (C=O) groups is 2. The van der Waals surface area contributed by atoms with Gasteiger partial charge in [-0.25, -0.2) is 0 Å². The highest BCUT2D eigenvalue weighted by molar-refractivity contribution is 5.83. The molecule has 1 aromatic carbocycles. The number of hydrogen-bond donors (Lipinski definition) is 1. The van der Waals surface area contributed by atoms with Gasteiger partial charge in [0.25, 0.3) is 0 Å². The number of ether oxygens (including phenoxy) is 1. The quantitative estimate of drug-likeness (QED) is 0.698. The molecule has 0 spiro atoms. The highest BCUT2D eigenvalue weighted by Crippen LogP contribution is 2.31. The SMILES string of the molecule is CN1C(CCC(=O)N2CCN(c3ccccc3)CC2)CNC(=O)C2C1CCN2C1CCOCC1. The Balaban J connectivity index is 1.13. The fourth-order valence-electron chi connectivity index (χ4n) is 6.32. The lowest BCUT2D eigenvalue weighted by Crippen LogP contribution is -2.53. The van der Waals surface area contributed by atoms with Gasteiger partial charge in [0.1, 0.15) is 6.04 Å². The zero-order valence-corrected chi connectivity index (χ0v) is 20.4. The van der Waals surface area contributed by atoms with Gasteiger partial charge in [-0.3, -0.25) is 19.4 Å². The smallest absolute Gasteiger partial charge is 0.239 e. The van der Waals surface area contributed by atoms with E-state index in [9.17, 15) is 9.59 Å². The van der Waals surface area contributed by atoms with E-state index in [1.807, 2.05) is 11.0 Å². The molecule has 8 nitrogen and oxygen atoms in total. The van der Waals surface area contributed by atoms with Crippen molar-refractivity contribution in [3.8, 4) is 0 Å². The zero-order chi connectivity index (χ0) is 23.5. The molecule has 0 radical (unpaired) electrons. The van der Waals surface area contributed by atoms with Gasteiger partial charge in [-0.1, -0.05) is 18.2 Å². The van der Waals surface area contributed by atoms with Crippen LogP contribution in [-0.4, -0.2) is 110 Å². The van der Waals surface area contributed by atoms with Crippen molar-refractivity contribution in [1.29, 1.82) is 0 Å². The second kappa shape index (κ2) is 10.6. The van der Waals surface area contributed by atoms with Crippen molar-refractivity contribution in [3.63, 3.8) is 0 Å². The number of amides is 2. The van der Waals surface area contributed by atoms with Crippen LogP contribution in [0.4, 0.5) is 5.69 Å². The summed E-state index contributed by atoms with van der Waals surface area (Å²) in [5.41, 5.74) is 1.23. The summed E-state index contributed by atoms with van der Waals surface area (Å²) in [6.45, 7) is 6.47. The Labute approximate surface area is 203 Å². The Bertz CT molecular complexity index is 838. The van der Waals surface area contributed by atoms with Crippen LogP contribution < -0.4 is 10.2 Å². The molecule has 4 heterocycles. The van der Waals surface area contributed by atoms with Gasteiger partial charge < -0.3 is 19.9 Å². The molecular formula is C26H39N5O3. The van der Waals surface area contributed by atoms with E-state index in [0.29, 0.717) is 19.0 Å². The average molecular weight is 470 g/mol. The molecule has 0 aliphatic carbocycles. The zero-order valence-electron chi connectivity index (χ0n) is 20.4. The van der Waals surface area contributed by atoms with Crippen molar-refractivity contribution < 1.29 is 14.3 Å². The third-order valence-corrected chi connectivity index (χ3v) is 8.39. The largest absolute Gasteiger partial charge is 0.381 e. The van der Waals surface area contributed by atoms with Crippen LogP contribution in [-0.2, 0) is 14.3 Å². The molecule has 0 bridgehead atoms. The molecule has 8 heteroatoms. The first-order valence-corrected chi connectivity index (χ1v) is 13.0. The lowest BCUT2D eigenvalue weighted by molar-refractivity contribution is -0.132. The molecule has 4 aliphatic heterocycles. The third kappa shape index (κ3) is 4.95. The van der Waals surface area contributed by atoms with Crippen LogP contribution in [0.25, 0.3) is 0 Å². The number of nitrogens with zero attached hydrogens (tertiary/aromatic N) is 4. The molecule has 1 aromatic rings.